The summed E-state index contributed by atoms with van der Waals surface area (Å²) in [5.41, 5.74) is -1.24. The molecule has 0 fully saturated rings. The Labute approximate surface area is 156 Å². The maximum atomic E-state index is 13.2. The van der Waals surface area contributed by atoms with E-state index < -0.39 is 16.4 Å². The molecule has 0 spiro atoms. The molecule has 148 valence electrons. The van der Waals surface area contributed by atoms with Crippen molar-refractivity contribution in [3.05, 3.63) is 0 Å². The molecule has 3 nitrogen and oxygen atoms in total. The predicted molar refractivity (Wildman–Crippen MR) is 107 cm³/mol. The lowest BCUT2D eigenvalue weighted by molar-refractivity contribution is -0.138. The van der Waals surface area contributed by atoms with Crippen LogP contribution in [0.4, 0.5) is 0 Å². The molecule has 0 aromatic heterocycles. The van der Waals surface area contributed by atoms with Crippen molar-refractivity contribution in [2.24, 2.45) is 28.1 Å². The average molecular weight is 354 g/mol. The van der Waals surface area contributed by atoms with E-state index in [0.717, 1.165) is 6.42 Å². The van der Waals surface area contributed by atoms with Gasteiger partial charge in [0.15, 0.2) is 0 Å². The van der Waals surface area contributed by atoms with Crippen molar-refractivity contribution in [3.63, 3.8) is 0 Å². The maximum absolute atomic E-state index is 13.2. The SMILES string of the molecule is CC(C)C(=O)C(C)(C)CC(C)(C)NC(=O)C(C)(CC(C)(C)C)C(C)C. The van der Waals surface area contributed by atoms with Gasteiger partial charge in [0.1, 0.15) is 5.78 Å². The Hall–Kier alpha value is -0.860. The maximum Gasteiger partial charge on any atom is 0.226 e. The number of ketones is 1. The molecule has 3 heteroatoms. The summed E-state index contributed by atoms with van der Waals surface area (Å²) in [5, 5.41) is 3.26. The summed E-state index contributed by atoms with van der Waals surface area (Å²) >= 11 is 0. The first-order valence-electron chi connectivity index (χ1n) is 9.71. The van der Waals surface area contributed by atoms with Crippen molar-refractivity contribution in [1.82, 2.24) is 5.32 Å². The van der Waals surface area contributed by atoms with E-state index >= 15 is 0 Å². The van der Waals surface area contributed by atoms with Crippen molar-refractivity contribution in [3.8, 4) is 0 Å². The zero-order valence-electron chi connectivity index (χ0n) is 18.9. The van der Waals surface area contributed by atoms with E-state index in [9.17, 15) is 9.59 Å². The summed E-state index contributed by atoms with van der Waals surface area (Å²) < 4.78 is 0. The minimum atomic E-state index is -0.455. The fraction of sp³-hybridized carbons (Fsp3) is 0.909. The minimum absolute atomic E-state index is 0.00308. The van der Waals surface area contributed by atoms with Crippen molar-refractivity contribution < 1.29 is 9.59 Å². The quantitative estimate of drug-likeness (QED) is 0.615. The van der Waals surface area contributed by atoms with Gasteiger partial charge in [0.05, 0.1) is 0 Å². The Bertz CT molecular complexity index is 481. The van der Waals surface area contributed by atoms with Crippen LogP contribution < -0.4 is 5.32 Å². The van der Waals surface area contributed by atoms with E-state index in [1.54, 1.807) is 0 Å². The fourth-order valence-corrected chi connectivity index (χ4v) is 4.12. The molecule has 1 unspecified atom stereocenters. The molecule has 0 radical (unpaired) electrons. The van der Waals surface area contributed by atoms with Crippen LogP contribution in [0.25, 0.3) is 0 Å². The monoisotopic (exact) mass is 353 g/mol. The van der Waals surface area contributed by atoms with E-state index in [4.69, 9.17) is 0 Å². The van der Waals surface area contributed by atoms with Gasteiger partial charge in [-0.1, -0.05) is 69.2 Å². The second-order valence-corrected chi connectivity index (χ2v) is 11.2. The molecular formula is C22H43NO2. The van der Waals surface area contributed by atoms with E-state index in [2.05, 4.69) is 46.9 Å². The molecule has 1 amide bonds. The molecule has 0 rings (SSSR count). The summed E-state index contributed by atoms with van der Waals surface area (Å²) in [5.74, 6) is 0.586. The number of rotatable bonds is 8. The third kappa shape index (κ3) is 7.11. The molecule has 0 aromatic rings. The first kappa shape index (κ1) is 24.1. The molecule has 0 bridgehead atoms. The standard InChI is InChI=1S/C22H43NO2/c1-15(2)17(24)20(8,9)14-21(10,11)23-18(25)22(12,16(3)4)13-19(5,6)7/h15-16H,13-14H2,1-12H3,(H,23,25). The second kappa shape index (κ2) is 7.80. The number of Topliss-reactive ketones (excluding diaryl/α,β-unsaturated/α-hetero) is 1. The zero-order valence-corrected chi connectivity index (χ0v) is 18.9. The third-order valence-electron chi connectivity index (χ3n) is 5.22. The highest BCUT2D eigenvalue weighted by Gasteiger charge is 2.43. The van der Waals surface area contributed by atoms with Crippen molar-refractivity contribution in [2.75, 3.05) is 0 Å². The van der Waals surface area contributed by atoms with Gasteiger partial charge >= 0.3 is 0 Å². The Kier molecular flexibility index (Phi) is 7.53. The number of hydrogen-bond donors (Lipinski definition) is 1. The summed E-state index contributed by atoms with van der Waals surface area (Å²) in [6.07, 6.45) is 1.46. The van der Waals surface area contributed by atoms with Crippen LogP contribution in [-0.4, -0.2) is 17.2 Å². The van der Waals surface area contributed by atoms with Crippen LogP contribution in [0.3, 0.4) is 0 Å². The van der Waals surface area contributed by atoms with Crippen molar-refractivity contribution >= 4 is 11.7 Å². The van der Waals surface area contributed by atoms with Gasteiger partial charge in [-0.2, -0.15) is 0 Å². The molecular weight excluding hydrogens is 310 g/mol. The van der Waals surface area contributed by atoms with Gasteiger partial charge in [0.25, 0.3) is 0 Å². The van der Waals surface area contributed by atoms with Crippen LogP contribution in [0.2, 0.25) is 0 Å². The lowest BCUT2D eigenvalue weighted by Gasteiger charge is -2.42. The summed E-state index contributed by atoms with van der Waals surface area (Å²) in [6.45, 7) is 24.7. The molecule has 0 saturated carbocycles. The lowest BCUT2D eigenvalue weighted by atomic mass is 9.67. The van der Waals surface area contributed by atoms with Gasteiger partial charge in [-0.15, -0.1) is 0 Å². The lowest BCUT2D eigenvalue weighted by Crippen LogP contribution is -2.54. The van der Waals surface area contributed by atoms with Gasteiger partial charge in [0.2, 0.25) is 5.91 Å². The van der Waals surface area contributed by atoms with Gasteiger partial charge in [-0.05, 0) is 38.0 Å². The van der Waals surface area contributed by atoms with Gasteiger partial charge in [-0.3, -0.25) is 9.59 Å². The normalized spacial score (nSPS) is 16.1. The van der Waals surface area contributed by atoms with E-state index in [1.165, 1.54) is 0 Å². The largest absolute Gasteiger partial charge is 0.351 e. The summed E-state index contributed by atoms with van der Waals surface area (Å²) in [4.78, 5) is 25.7. The average Bonchev–Trinajstić information content (AvgIpc) is 2.32. The van der Waals surface area contributed by atoms with Crippen molar-refractivity contribution in [1.29, 1.82) is 0 Å². The molecule has 0 aliphatic heterocycles. The van der Waals surface area contributed by atoms with Crippen LogP contribution in [0.5, 0.6) is 0 Å². The number of nitrogens with one attached hydrogen (secondary N) is 1. The smallest absolute Gasteiger partial charge is 0.226 e. The van der Waals surface area contributed by atoms with Crippen LogP contribution in [0.1, 0.15) is 95.9 Å². The minimum Gasteiger partial charge on any atom is -0.351 e. The molecule has 0 saturated heterocycles. The Morgan fingerprint density at radius 3 is 1.56 bits per heavy atom. The number of hydrogen-bond acceptors (Lipinski definition) is 2. The van der Waals surface area contributed by atoms with Crippen LogP contribution in [-0.2, 0) is 9.59 Å². The van der Waals surface area contributed by atoms with Gasteiger partial charge in [-0.25, -0.2) is 0 Å². The molecule has 0 heterocycles. The predicted octanol–water partition coefficient (Wildman–Crippen LogP) is 5.62. The van der Waals surface area contributed by atoms with Crippen LogP contribution in [0.15, 0.2) is 0 Å². The van der Waals surface area contributed by atoms with Gasteiger partial charge < -0.3 is 5.32 Å². The Morgan fingerprint density at radius 1 is 0.800 bits per heavy atom. The molecule has 25 heavy (non-hydrogen) atoms. The highest BCUT2D eigenvalue weighted by molar-refractivity contribution is 5.86. The molecule has 0 aliphatic carbocycles. The zero-order chi connectivity index (χ0) is 20.4. The summed E-state index contributed by atoms with van der Waals surface area (Å²) in [6, 6.07) is 0. The first-order chi connectivity index (χ1) is 10.8. The molecule has 0 aromatic carbocycles. The number of amides is 1. The number of carbonyl (C=O) groups excluding carboxylic acids is 2. The van der Waals surface area contributed by atoms with E-state index in [1.807, 2.05) is 41.5 Å². The van der Waals surface area contributed by atoms with Crippen LogP contribution >= 0.6 is 0 Å². The van der Waals surface area contributed by atoms with Crippen LogP contribution in [0, 0.1) is 28.1 Å². The van der Waals surface area contributed by atoms with Gasteiger partial charge in [0, 0.05) is 22.3 Å². The molecule has 1 N–H and O–H groups in total. The Balaban J connectivity index is 5.38. The second-order valence-electron chi connectivity index (χ2n) is 11.2. The first-order valence-corrected chi connectivity index (χ1v) is 9.71. The highest BCUT2D eigenvalue weighted by atomic mass is 16.2. The van der Waals surface area contributed by atoms with E-state index in [0.29, 0.717) is 6.42 Å². The van der Waals surface area contributed by atoms with Crippen molar-refractivity contribution in [2.45, 2.75) is 101 Å². The topological polar surface area (TPSA) is 46.2 Å². The fourth-order valence-electron chi connectivity index (χ4n) is 4.12. The summed E-state index contributed by atoms with van der Waals surface area (Å²) in [7, 11) is 0. The third-order valence-corrected chi connectivity index (χ3v) is 5.22. The molecule has 1 atom stereocenters. The molecule has 0 aliphatic rings. The highest BCUT2D eigenvalue weighted by Crippen LogP contribution is 2.40. The Morgan fingerprint density at radius 2 is 1.24 bits per heavy atom. The van der Waals surface area contributed by atoms with E-state index in [-0.39, 0.29) is 28.9 Å². The number of carbonyl (C=O) groups is 2.